The SMILES string of the molecule is CCC1COCCN1Cc1ccc(F)cc1C#CCN. The van der Waals surface area contributed by atoms with Crippen LogP contribution in [0.4, 0.5) is 4.39 Å². The summed E-state index contributed by atoms with van der Waals surface area (Å²) >= 11 is 0. The topological polar surface area (TPSA) is 38.5 Å². The maximum absolute atomic E-state index is 13.4. The molecule has 2 rings (SSSR count). The van der Waals surface area contributed by atoms with Crippen molar-refractivity contribution in [3.63, 3.8) is 0 Å². The van der Waals surface area contributed by atoms with Crippen molar-refractivity contribution in [1.82, 2.24) is 4.90 Å². The Balaban J connectivity index is 2.19. The van der Waals surface area contributed by atoms with E-state index in [1.54, 1.807) is 0 Å². The van der Waals surface area contributed by atoms with Gasteiger partial charge in [0.05, 0.1) is 19.8 Å². The molecular formula is C16H21FN2O. The fraction of sp³-hybridized carbons (Fsp3) is 0.500. The molecule has 1 unspecified atom stereocenters. The third kappa shape index (κ3) is 3.80. The maximum Gasteiger partial charge on any atom is 0.124 e. The first-order chi connectivity index (χ1) is 9.74. The van der Waals surface area contributed by atoms with Crippen LogP contribution in [0.3, 0.4) is 0 Å². The van der Waals surface area contributed by atoms with Gasteiger partial charge in [-0.25, -0.2) is 4.39 Å². The van der Waals surface area contributed by atoms with Gasteiger partial charge in [-0.2, -0.15) is 0 Å². The van der Waals surface area contributed by atoms with Gasteiger partial charge in [-0.1, -0.05) is 24.8 Å². The van der Waals surface area contributed by atoms with E-state index in [1.807, 2.05) is 6.07 Å². The highest BCUT2D eigenvalue weighted by molar-refractivity contribution is 5.42. The molecule has 0 aromatic heterocycles. The highest BCUT2D eigenvalue weighted by Gasteiger charge is 2.22. The number of nitrogens with zero attached hydrogens (tertiary/aromatic N) is 1. The van der Waals surface area contributed by atoms with E-state index in [4.69, 9.17) is 10.5 Å². The Labute approximate surface area is 119 Å². The van der Waals surface area contributed by atoms with E-state index >= 15 is 0 Å². The first-order valence-corrected chi connectivity index (χ1v) is 7.03. The minimum absolute atomic E-state index is 0.260. The van der Waals surface area contributed by atoms with Crippen LogP contribution in [0.1, 0.15) is 24.5 Å². The predicted molar refractivity (Wildman–Crippen MR) is 77.6 cm³/mol. The molecule has 1 aliphatic rings. The number of morpholine rings is 1. The molecule has 1 fully saturated rings. The lowest BCUT2D eigenvalue weighted by molar-refractivity contribution is -0.0127. The molecule has 1 saturated heterocycles. The normalized spacial score (nSPS) is 19.4. The molecule has 0 bridgehead atoms. The van der Waals surface area contributed by atoms with Crippen molar-refractivity contribution in [3.05, 3.63) is 35.1 Å². The molecule has 4 heteroatoms. The molecule has 1 aromatic rings. The molecule has 0 radical (unpaired) electrons. The van der Waals surface area contributed by atoms with Crippen LogP contribution in [0.25, 0.3) is 0 Å². The lowest BCUT2D eigenvalue weighted by atomic mass is 10.0. The summed E-state index contributed by atoms with van der Waals surface area (Å²) in [5.41, 5.74) is 7.18. The zero-order chi connectivity index (χ0) is 14.4. The highest BCUT2D eigenvalue weighted by atomic mass is 19.1. The second-order valence-corrected chi connectivity index (χ2v) is 4.91. The molecule has 1 heterocycles. The number of ether oxygens (including phenoxy) is 1. The Morgan fingerprint density at radius 2 is 2.35 bits per heavy atom. The van der Waals surface area contributed by atoms with Gasteiger partial charge in [0.25, 0.3) is 0 Å². The van der Waals surface area contributed by atoms with Gasteiger partial charge in [0, 0.05) is 24.7 Å². The molecule has 20 heavy (non-hydrogen) atoms. The quantitative estimate of drug-likeness (QED) is 0.855. The van der Waals surface area contributed by atoms with Crippen LogP contribution in [0.15, 0.2) is 18.2 Å². The lowest BCUT2D eigenvalue weighted by Crippen LogP contribution is -2.44. The zero-order valence-corrected chi connectivity index (χ0v) is 11.9. The minimum atomic E-state index is -0.260. The summed E-state index contributed by atoms with van der Waals surface area (Å²) < 4.78 is 18.9. The Kier molecular flexibility index (Phi) is 5.54. The summed E-state index contributed by atoms with van der Waals surface area (Å²) in [5, 5.41) is 0. The summed E-state index contributed by atoms with van der Waals surface area (Å²) in [6.07, 6.45) is 1.05. The first-order valence-electron chi connectivity index (χ1n) is 7.03. The summed E-state index contributed by atoms with van der Waals surface area (Å²) in [7, 11) is 0. The molecule has 0 amide bonds. The van der Waals surface area contributed by atoms with Gasteiger partial charge < -0.3 is 10.5 Å². The van der Waals surface area contributed by atoms with Crippen molar-refractivity contribution in [2.45, 2.75) is 25.9 Å². The van der Waals surface area contributed by atoms with Crippen LogP contribution in [-0.4, -0.2) is 37.2 Å². The fourth-order valence-electron chi connectivity index (χ4n) is 2.44. The van der Waals surface area contributed by atoms with E-state index in [1.165, 1.54) is 12.1 Å². The van der Waals surface area contributed by atoms with Gasteiger partial charge in [-0.15, -0.1) is 0 Å². The molecule has 0 spiro atoms. The van der Waals surface area contributed by atoms with Crippen LogP contribution in [0.5, 0.6) is 0 Å². The monoisotopic (exact) mass is 276 g/mol. The van der Waals surface area contributed by atoms with Crippen molar-refractivity contribution < 1.29 is 9.13 Å². The Morgan fingerprint density at radius 3 is 3.10 bits per heavy atom. The summed E-state index contributed by atoms with van der Waals surface area (Å²) in [5.74, 6) is 5.51. The number of rotatable bonds is 3. The van der Waals surface area contributed by atoms with Crippen molar-refractivity contribution >= 4 is 0 Å². The van der Waals surface area contributed by atoms with Crippen LogP contribution in [0, 0.1) is 17.7 Å². The second-order valence-electron chi connectivity index (χ2n) is 4.91. The van der Waals surface area contributed by atoms with Crippen LogP contribution >= 0.6 is 0 Å². The largest absolute Gasteiger partial charge is 0.378 e. The molecular weight excluding hydrogens is 255 g/mol. The van der Waals surface area contributed by atoms with Crippen LogP contribution < -0.4 is 5.73 Å². The first kappa shape index (κ1) is 15.0. The summed E-state index contributed by atoms with van der Waals surface area (Å²) in [6.45, 7) is 5.64. The molecule has 3 nitrogen and oxygen atoms in total. The van der Waals surface area contributed by atoms with Crippen molar-refractivity contribution in [2.75, 3.05) is 26.3 Å². The standard InChI is InChI=1S/C16H21FN2O/c1-2-16-12-20-9-8-19(16)11-14-5-6-15(17)10-13(14)4-3-7-18/h5-6,10,16H,2,7-9,11-12,18H2,1H3. The average Bonchev–Trinajstić information content (AvgIpc) is 2.48. The number of hydrogen-bond donors (Lipinski definition) is 1. The molecule has 2 N–H and O–H groups in total. The van der Waals surface area contributed by atoms with Crippen LogP contribution in [-0.2, 0) is 11.3 Å². The van der Waals surface area contributed by atoms with Crippen LogP contribution in [0.2, 0.25) is 0 Å². The number of benzene rings is 1. The molecule has 0 aliphatic carbocycles. The molecule has 1 aliphatic heterocycles. The van der Waals surface area contributed by atoms with Gasteiger partial charge in [-0.3, -0.25) is 4.90 Å². The van der Waals surface area contributed by atoms with Gasteiger partial charge in [0.15, 0.2) is 0 Å². The highest BCUT2D eigenvalue weighted by Crippen LogP contribution is 2.18. The smallest absolute Gasteiger partial charge is 0.124 e. The number of nitrogens with two attached hydrogens (primary N) is 1. The third-order valence-corrected chi connectivity index (χ3v) is 3.59. The molecule has 1 aromatic carbocycles. The van der Waals surface area contributed by atoms with E-state index in [2.05, 4.69) is 23.7 Å². The van der Waals surface area contributed by atoms with Crippen molar-refractivity contribution in [3.8, 4) is 11.8 Å². The molecule has 1 atom stereocenters. The van der Waals surface area contributed by atoms with Gasteiger partial charge in [0.1, 0.15) is 5.82 Å². The maximum atomic E-state index is 13.4. The van der Waals surface area contributed by atoms with Crippen molar-refractivity contribution in [2.24, 2.45) is 5.73 Å². The van der Waals surface area contributed by atoms with E-state index < -0.39 is 0 Å². The van der Waals surface area contributed by atoms with Gasteiger partial charge >= 0.3 is 0 Å². The summed E-state index contributed by atoms with van der Waals surface area (Å²) in [6, 6.07) is 5.21. The van der Waals surface area contributed by atoms with E-state index in [-0.39, 0.29) is 12.4 Å². The Morgan fingerprint density at radius 1 is 1.50 bits per heavy atom. The number of halogens is 1. The fourth-order valence-corrected chi connectivity index (χ4v) is 2.44. The van der Waals surface area contributed by atoms with E-state index in [9.17, 15) is 4.39 Å². The summed E-state index contributed by atoms with van der Waals surface area (Å²) in [4.78, 5) is 2.38. The Hall–Kier alpha value is -1.41. The third-order valence-electron chi connectivity index (χ3n) is 3.59. The van der Waals surface area contributed by atoms with Gasteiger partial charge in [0.2, 0.25) is 0 Å². The second kappa shape index (κ2) is 7.39. The Bertz CT molecular complexity index is 507. The van der Waals surface area contributed by atoms with E-state index in [0.717, 1.165) is 43.9 Å². The molecule has 0 saturated carbocycles. The zero-order valence-electron chi connectivity index (χ0n) is 11.9. The van der Waals surface area contributed by atoms with Gasteiger partial charge in [-0.05, 0) is 24.1 Å². The predicted octanol–water partition coefficient (Wildman–Crippen LogP) is 1.75. The number of hydrogen-bond acceptors (Lipinski definition) is 3. The molecule has 108 valence electrons. The van der Waals surface area contributed by atoms with Crippen molar-refractivity contribution in [1.29, 1.82) is 0 Å². The average molecular weight is 276 g/mol. The lowest BCUT2D eigenvalue weighted by Gasteiger charge is -2.35. The minimum Gasteiger partial charge on any atom is -0.378 e. The van der Waals surface area contributed by atoms with E-state index in [0.29, 0.717) is 6.04 Å².